The minimum Gasteiger partial charge on any atom is -0.507 e. The first kappa shape index (κ1) is 28.8. The number of allylic oxidation sites excluding steroid dienone is 1. The van der Waals surface area contributed by atoms with E-state index in [1.165, 1.54) is 11.1 Å². The minimum absolute atomic E-state index is 0.0301. The van der Waals surface area contributed by atoms with E-state index in [9.17, 15) is 27.9 Å². The van der Waals surface area contributed by atoms with Crippen molar-refractivity contribution in [2.24, 2.45) is 11.3 Å². The number of ketones is 1. The average molecular weight is 586 g/mol. The number of fused-ring (bicyclic) bond motifs is 1. The van der Waals surface area contributed by atoms with Crippen LogP contribution >= 0.6 is 0 Å². The second kappa shape index (κ2) is 10.3. The number of benzene rings is 1. The van der Waals surface area contributed by atoms with Crippen LogP contribution in [0.1, 0.15) is 52.9 Å². The Morgan fingerprint density at radius 1 is 1.22 bits per heavy atom. The number of sulfonamides is 1. The van der Waals surface area contributed by atoms with Gasteiger partial charge in [0, 0.05) is 29.8 Å². The first-order valence-corrected chi connectivity index (χ1v) is 15.2. The fourth-order valence-corrected chi connectivity index (χ4v) is 6.82. The number of hydrogen-bond donors (Lipinski definition) is 2. The van der Waals surface area contributed by atoms with Crippen LogP contribution in [0.5, 0.6) is 11.6 Å². The van der Waals surface area contributed by atoms with Crippen molar-refractivity contribution in [1.82, 2.24) is 14.6 Å². The van der Waals surface area contributed by atoms with Gasteiger partial charge in [0.25, 0.3) is 0 Å². The van der Waals surface area contributed by atoms with Gasteiger partial charge >= 0.3 is 6.09 Å². The summed E-state index contributed by atoms with van der Waals surface area (Å²) in [6.07, 6.45) is 2.88. The van der Waals surface area contributed by atoms with Crippen LogP contribution in [0.25, 0.3) is 10.8 Å². The molecule has 3 aliphatic rings. The van der Waals surface area contributed by atoms with Gasteiger partial charge in [-0.05, 0) is 64.2 Å². The second-order valence-corrected chi connectivity index (χ2v) is 14.1. The molecule has 2 amide bonds. The van der Waals surface area contributed by atoms with E-state index in [1.54, 1.807) is 51.1 Å². The zero-order chi connectivity index (χ0) is 29.7. The van der Waals surface area contributed by atoms with Gasteiger partial charge in [0.1, 0.15) is 17.5 Å². The third-order valence-corrected chi connectivity index (χ3v) is 9.66. The monoisotopic (exact) mass is 585 g/mol. The number of aromatic nitrogens is 1. The molecule has 11 nitrogen and oxygen atoms in total. The SMILES string of the molecule is C=C[C@@H]1C[C@]1(CC(=O)C1C[C@@H](Oc2nccc3c(O)cccc23)CN1C(=O)OC(C)(C)C)C(=O)NS(=O)(=O)C1CC1. The molecule has 0 radical (unpaired) electrons. The Hall–Kier alpha value is -3.67. The summed E-state index contributed by atoms with van der Waals surface area (Å²) >= 11 is 0. The van der Waals surface area contributed by atoms with E-state index in [0.29, 0.717) is 23.6 Å². The molecule has 2 N–H and O–H groups in total. The maximum absolute atomic E-state index is 13.8. The molecule has 12 heteroatoms. The average Bonchev–Trinajstić information content (AvgIpc) is 3.80. The second-order valence-electron chi connectivity index (χ2n) is 12.1. The highest BCUT2D eigenvalue weighted by Gasteiger charge is 2.61. The van der Waals surface area contributed by atoms with Gasteiger partial charge in [0.2, 0.25) is 21.8 Å². The highest BCUT2D eigenvalue weighted by molar-refractivity contribution is 7.90. The van der Waals surface area contributed by atoms with E-state index < -0.39 is 56.2 Å². The molecule has 220 valence electrons. The normalized spacial score (nSPS) is 25.9. The molecule has 2 heterocycles. The zero-order valence-corrected chi connectivity index (χ0v) is 24.1. The number of nitrogens with zero attached hydrogens (tertiary/aromatic N) is 2. The summed E-state index contributed by atoms with van der Waals surface area (Å²) in [6, 6.07) is 5.66. The molecule has 4 atom stereocenters. The first-order valence-electron chi connectivity index (χ1n) is 13.7. The summed E-state index contributed by atoms with van der Waals surface area (Å²) in [5, 5.41) is 10.8. The molecule has 1 aromatic carbocycles. The molecule has 1 aromatic heterocycles. The van der Waals surface area contributed by atoms with Crippen molar-refractivity contribution in [2.45, 2.75) is 75.9 Å². The molecule has 2 aromatic rings. The van der Waals surface area contributed by atoms with E-state index in [-0.39, 0.29) is 43.4 Å². The number of Topliss-reactive ketones (excluding diaryl/α,β-unsaturated/α-hetero) is 1. The molecular weight excluding hydrogens is 550 g/mol. The van der Waals surface area contributed by atoms with E-state index >= 15 is 0 Å². The number of nitrogens with one attached hydrogen (secondary N) is 1. The zero-order valence-electron chi connectivity index (χ0n) is 23.3. The van der Waals surface area contributed by atoms with Gasteiger partial charge in [-0.2, -0.15) is 0 Å². The molecule has 1 saturated heterocycles. The molecule has 2 aliphatic carbocycles. The van der Waals surface area contributed by atoms with Crippen LogP contribution in [0.15, 0.2) is 43.1 Å². The summed E-state index contributed by atoms with van der Waals surface area (Å²) in [5.74, 6) is -1.16. The van der Waals surface area contributed by atoms with Crippen molar-refractivity contribution in [1.29, 1.82) is 0 Å². The lowest BCUT2D eigenvalue weighted by Gasteiger charge is -2.28. The number of hydrogen-bond acceptors (Lipinski definition) is 9. The third kappa shape index (κ3) is 5.88. The largest absolute Gasteiger partial charge is 0.507 e. The van der Waals surface area contributed by atoms with Crippen molar-refractivity contribution in [2.75, 3.05) is 6.54 Å². The maximum Gasteiger partial charge on any atom is 0.411 e. The number of ether oxygens (including phenoxy) is 2. The number of rotatable bonds is 9. The van der Waals surface area contributed by atoms with Crippen molar-refractivity contribution in [3.63, 3.8) is 0 Å². The quantitative estimate of drug-likeness (QED) is 0.422. The van der Waals surface area contributed by atoms with Crippen LogP contribution in [-0.2, 0) is 24.3 Å². The van der Waals surface area contributed by atoms with Gasteiger partial charge in [0.05, 0.1) is 23.3 Å². The lowest BCUT2D eigenvalue weighted by atomic mass is 9.91. The summed E-state index contributed by atoms with van der Waals surface area (Å²) in [4.78, 5) is 45.8. The van der Waals surface area contributed by atoms with Crippen molar-refractivity contribution in [3.05, 3.63) is 43.1 Å². The smallest absolute Gasteiger partial charge is 0.411 e. The summed E-state index contributed by atoms with van der Waals surface area (Å²) in [7, 11) is -3.80. The number of likely N-dealkylation sites (tertiary alicyclic amines) is 1. The Balaban J connectivity index is 1.38. The standard InChI is InChI=1S/C29H35N3O8S/c1-5-17-14-29(17,26(35)31-41(37,38)19-9-10-19)15-24(34)22-13-18(16-32(22)27(36)40-28(2,3)4)39-25-21-7-6-8-23(33)20(21)11-12-30-25/h5-8,11-12,17-19,22,33H,1,9-10,13-16H2,2-4H3,(H,31,35)/t17-,18-,22?,29-/m1/s1. The van der Waals surface area contributed by atoms with Crippen molar-refractivity contribution < 1.29 is 37.4 Å². The fraction of sp³-hybridized carbons (Fsp3) is 0.517. The van der Waals surface area contributed by atoms with Crippen LogP contribution in [0.4, 0.5) is 4.79 Å². The van der Waals surface area contributed by atoms with Gasteiger partial charge in [-0.15, -0.1) is 6.58 Å². The number of carbonyl (C=O) groups excluding carboxylic acids is 3. The van der Waals surface area contributed by atoms with Crippen molar-refractivity contribution in [3.8, 4) is 11.6 Å². The van der Waals surface area contributed by atoms with E-state index in [2.05, 4.69) is 16.3 Å². The lowest BCUT2D eigenvalue weighted by Crippen LogP contribution is -2.46. The minimum atomic E-state index is -3.80. The Morgan fingerprint density at radius 3 is 2.59 bits per heavy atom. The summed E-state index contributed by atoms with van der Waals surface area (Å²) < 4.78 is 38.9. The molecule has 0 spiro atoms. The van der Waals surface area contributed by atoms with E-state index in [1.807, 2.05) is 0 Å². The molecule has 0 bridgehead atoms. The van der Waals surface area contributed by atoms with Crippen LogP contribution in [0.2, 0.25) is 0 Å². The Labute approximate surface area is 239 Å². The van der Waals surface area contributed by atoms with Crippen molar-refractivity contribution >= 4 is 38.6 Å². The van der Waals surface area contributed by atoms with Gasteiger partial charge in [0.15, 0.2) is 5.78 Å². The number of amides is 2. The predicted molar refractivity (Wildman–Crippen MR) is 150 cm³/mol. The molecular formula is C29H35N3O8S. The molecule has 1 unspecified atom stereocenters. The number of carbonyl (C=O) groups is 3. The first-order chi connectivity index (χ1) is 19.2. The van der Waals surface area contributed by atoms with Crippen LogP contribution in [-0.4, -0.2) is 70.7 Å². The van der Waals surface area contributed by atoms with Gasteiger partial charge < -0.3 is 14.6 Å². The number of phenols is 1. The topological polar surface area (TPSA) is 152 Å². The number of aromatic hydroxyl groups is 1. The predicted octanol–water partition coefficient (Wildman–Crippen LogP) is 3.46. The molecule has 41 heavy (non-hydrogen) atoms. The van der Waals surface area contributed by atoms with Gasteiger partial charge in [-0.1, -0.05) is 12.1 Å². The molecule has 3 fully saturated rings. The van der Waals surface area contributed by atoms with Gasteiger partial charge in [-0.3, -0.25) is 19.2 Å². The third-order valence-electron chi connectivity index (χ3n) is 7.85. The van der Waals surface area contributed by atoms with Crippen LogP contribution in [0.3, 0.4) is 0 Å². The number of pyridine rings is 1. The molecule has 2 saturated carbocycles. The summed E-state index contributed by atoms with van der Waals surface area (Å²) in [6.45, 7) is 8.94. The summed E-state index contributed by atoms with van der Waals surface area (Å²) in [5.41, 5.74) is -2.06. The molecule has 1 aliphatic heterocycles. The fourth-order valence-electron chi connectivity index (χ4n) is 5.43. The highest BCUT2D eigenvalue weighted by Crippen LogP contribution is 2.57. The highest BCUT2D eigenvalue weighted by atomic mass is 32.2. The lowest BCUT2D eigenvalue weighted by molar-refractivity contribution is -0.131. The van der Waals surface area contributed by atoms with Crippen LogP contribution in [0, 0.1) is 11.3 Å². The van der Waals surface area contributed by atoms with Gasteiger partial charge in [-0.25, -0.2) is 18.2 Å². The van der Waals surface area contributed by atoms with E-state index in [4.69, 9.17) is 9.47 Å². The van der Waals surface area contributed by atoms with Crippen LogP contribution < -0.4 is 9.46 Å². The maximum atomic E-state index is 13.8. The number of phenolic OH excluding ortho intramolecular Hbond substituents is 1. The Kier molecular flexibility index (Phi) is 7.25. The van der Waals surface area contributed by atoms with E-state index in [0.717, 1.165) is 0 Å². The molecule has 5 rings (SSSR count). The Bertz CT molecular complexity index is 1510. The Morgan fingerprint density at radius 2 is 1.95 bits per heavy atom.